The SMILES string of the molecule is O=C(NC1CCN(c2cccc(Cl)c2)C1)N[C@@H]1c2ccccc2C[C@@H]1O. The number of carbonyl (C=O) groups is 1. The zero-order chi connectivity index (χ0) is 18.1. The number of benzene rings is 2. The molecule has 1 aliphatic carbocycles. The molecular weight excluding hydrogens is 350 g/mol. The van der Waals surface area contributed by atoms with E-state index < -0.39 is 6.10 Å². The zero-order valence-electron chi connectivity index (χ0n) is 14.4. The molecule has 0 saturated carbocycles. The van der Waals surface area contributed by atoms with Crippen molar-refractivity contribution in [2.24, 2.45) is 0 Å². The van der Waals surface area contributed by atoms with Crippen LogP contribution in [0.3, 0.4) is 0 Å². The molecule has 2 aromatic carbocycles. The summed E-state index contributed by atoms with van der Waals surface area (Å²) in [4.78, 5) is 14.7. The normalized spacial score (nSPS) is 24.4. The molecule has 2 aromatic rings. The van der Waals surface area contributed by atoms with Gasteiger partial charge in [-0.05, 0) is 35.7 Å². The maximum atomic E-state index is 12.4. The van der Waals surface area contributed by atoms with E-state index in [4.69, 9.17) is 11.6 Å². The van der Waals surface area contributed by atoms with Crippen LogP contribution >= 0.6 is 11.6 Å². The molecule has 1 heterocycles. The van der Waals surface area contributed by atoms with Crippen LogP contribution in [-0.4, -0.2) is 36.4 Å². The number of aliphatic hydroxyl groups excluding tert-OH is 1. The van der Waals surface area contributed by atoms with Crippen LogP contribution in [0, 0.1) is 0 Å². The van der Waals surface area contributed by atoms with Crippen LogP contribution < -0.4 is 15.5 Å². The highest BCUT2D eigenvalue weighted by Crippen LogP contribution is 2.31. The number of nitrogens with zero attached hydrogens (tertiary/aromatic N) is 1. The van der Waals surface area contributed by atoms with Crippen LogP contribution in [0.2, 0.25) is 5.02 Å². The predicted octanol–water partition coefficient (Wildman–Crippen LogP) is 2.88. The topological polar surface area (TPSA) is 64.6 Å². The third kappa shape index (κ3) is 3.50. The maximum Gasteiger partial charge on any atom is 0.315 e. The van der Waals surface area contributed by atoms with Gasteiger partial charge in [-0.2, -0.15) is 0 Å². The number of hydrogen-bond donors (Lipinski definition) is 3. The Balaban J connectivity index is 1.35. The van der Waals surface area contributed by atoms with Gasteiger partial charge in [0.15, 0.2) is 0 Å². The Labute approximate surface area is 158 Å². The molecular formula is C20H22ClN3O2. The lowest BCUT2D eigenvalue weighted by Gasteiger charge is -2.21. The van der Waals surface area contributed by atoms with Gasteiger partial charge >= 0.3 is 6.03 Å². The number of amides is 2. The maximum absolute atomic E-state index is 12.4. The molecule has 3 N–H and O–H groups in total. The fraction of sp³-hybridized carbons (Fsp3) is 0.350. The standard InChI is InChI=1S/C20H22ClN3O2/c21-14-5-3-6-16(11-14)24-9-8-15(12-24)22-20(26)23-19-17-7-2-1-4-13(17)10-18(19)25/h1-7,11,15,18-19,25H,8-10,12H2,(H2,22,23,26)/t15?,18-,19+/m0/s1. The summed E-state index contributed by atoms with van der Waals surface area (Å²) in [7, 11) is 0. The van der Waals surface area contributed by atoms with Crippen LogP contribution in [0.5, 0.6) is 0 Å². The Hall–Kier alpha value is -2.24. The Morgan fingerprint density at radius 3 is 2.85 bits per heavy atom. The van der Waals surface area contributed by atoms with Gasteiger partial charge in [-0.15, -0.1) is 0 Å². The highest BCUT2D eigenvalue weighted by molar-refractivity contribution is 6.30. The number of hydrogen-bond acceptors (Lipinski definition) is 3. The Bertz CT molecular complexity index is 813. The second-order valence-corrected chi connectivity index (χ2v) is 7.41. The number of nitrogens with one attached hydrogen (secondary N) is 2. The van der Waals surface area contributed by atoms with Gasteiger partial charge in [0.2, 0.25) is 0 Å². The van der Waals surface area contributed by atoms with E-state index in [0.29, 0.717) is 11.4 Å². The van der Waals surface area contributed by atoms with Crippen molar-refractivity contribution in [2.45, 2.75) is 31.0 Å². The van der Waals surface area contributed by atoms with Crippen LogP contribution in [0.1, 0.15) is 23.6 Å². The van der Waals surface area contributed by atoms with Crippen LogP contribution in [0.4, 0.5) is 10.5 Å². The third-order valence-corrected chi connectivity index (χ3v) is 5.42. The van der Waals surface area contributed by atoms with Crippen LogP contribution in [-0.2, 0) is 6.42 Å². The first-order valence-corrected chi connectivity index (χ1v) is 9.31. The molecule has 3 atom stereocenters. The van der Waals surface area contributed by atoms with Crippen molar-refractivity contribution in [3.63, 3.8) is 0 Å². The molecule has 136 valence electrons. The molecule has 1 saturated heterocycles. The number of fused-ring (bicyclic) bond motifs is 1. The molecule has 0 spiro atoms. The van der Waals surface area contributed by atoms with Crippen molar-refractivity contribution in [2.75, 3.05) is 18.0 Å². The van der Waals surface area contributed by atoms with Gasteiger partial charge in [0.05, 0.1) is 12.1 Å². The molecule has 2 amide bonds. The number of aliphatic hydroxyl groups is 1. The first kappa shape index (κ1) is 17.2. The number of urea groups is 1. The monoisotopic (exact) mass is 371 g/mol. The van der Waals surface area contributed by atoms with E-state index in [9.17, 15) is 9.90 Å². The molecule has 0 aromatic heterocycles. The summed E-state index contributed by atoms with van der Waals surface area (Å²) in [5, 5.41) is 17.0. The lowest BCUT2D eigenvalue weighted by Crippen LogP contribution is -2.46. The van der Waals surface area contributed by atoms with Gasteiger partial charge in [0.25, 0.3) is 0 Å². The van der Waals surface area contributed by atoms with E-state index in [1.807, 2.05) is 48.5 Å². The summed E-state index contributed by atoms with van der Waals surface area (Å²) in [5.41, 5.74) is 3.17. The quantitative estimate of drug-likeness (QED) is 0.777. The molecule has 26 heavy (non-hydrogen) atoms. The Kier molecular flexibility index (Phi) is 4.74. The van der Waals surface area contributed by atoms with E-state index in [1.54, 1.807) is 0 Å². The zero-order valence-corrected chi connectivity index (χ0v) is 15.1. The van der Waals surface area contributed by atoms with Gasteiger partial charge in [0, 0.05) is 36.3 Å². The first-order valence-electron chi connectivity index (χ1n) is 8.93. The fourth-order valence-corrected chi connectivity index (χ4v) is 4.09. The number of carbonyl (C=O) groups excluding carboxylic acids is 1. The smallest absolute Gasteiger partial charge is 0.315 e. The van der Waals surface area contributed by atoms with E-state index in [0.717, 1.165) is 36.3 Å². The molecule has 6 heteroatoms. The third-order valence-electron chi connectivity index (χ3n) is 5.19. The van der Waals surface area contributed by atoms with Gasteiger partial charge in [-0.3, -0.25) is 0 Å². The average molecular weight is 372 g/mol. The van der Waals surface area contributed by atoms with Crippen LogP contribution in [0.15, 0.2) is 48.5 Å². The van der Waals surface area contributed by atoms with Crippen LogP contribution in [0.25, 0.3) is 0 Å². The lowest BCUT2D eigenvalue weighted by atomic mass is 10.1. The van der Waals surface area contributed by atoms with Gasteiger partial charge in [0.1, 0.15) is 0 Å². The number of halogens is 1. The van der Waals surface area contributed by atoms with Crippen molar-refractivity contribution in [3.05, 3.63) is 64.7 Å². The minimum absolute atomic E-state index is 0.0720. The van der Waals surface area contributed by atoms with Crippen molar-refractivity contribution in [1.82, 2.24) is 10.6 Å². The summed E-state index contributed by atoms with van der Waals surface area (Å²) in [6, 6.07) is 15.1. The van der Waals surface area contributed by atoms with Gasteiger partial charge in [-0.1, -0.05) is 41.9 Å². The van der Waals surface area contributed by atoms with Crippen molar-refractivity contribution in [1.29, 1.82) is 0 Å². The minimum atomic E-state index is -0.579. The molecule has 1 unspecified atom stereocenters. The summed E-state index contributed by atoms with van der Waals surface area (Å²) >= 11 is 6.06. The highest BCUT2D eigenvalue weighted by Gasteiger charge is 2.32. The summed E-state index contributed by atoms with van der Waals surface area (Å²) in [5.74, 6) is 0. The molecule has 1 aliphatic heterocycles. The molecule has 0 bridgehead atoms. The van der Waals surface area contributed by atoms with E-state index in [-0.39, 0.29) is 18.1 Å². The molecule has 4 rings (SSSR count). The molecule has 1 fully saturated rings. The van der Waals surface area contributed by atoms with E-state index >= 15 is 0 Å². The van der Waals surface area contributed by atoms with Crippen molar-refractivity contribution in [3.8, 4) is 0 Å². The highest BCUT2D eigenvalue weighted by atomic mass is 35.5. The molecule has 5 nitrogen and oxygen atoms in total. The lowest BCUT2D eigenvalue weighted by molar-refractivity contribution is 0.142. The summed E-state index contributed by atoms with van der Waals surface area (Å²) in [6.07, 6.45) is 0.876. The second kappa shape index (κ2) is 7.17. The van der Waals surface area contributed by atoms with E-state index in [2.05, 4.69) is 15.5 Å². The first-order chi connectivity index (χ1) is 12.6. The molecule has 0 radical (unpaired) electrons. The average Bonchev–Trinajstić information content (AvgIpc) is 3.20. The minimum Gasteiger partial charge on any atom is -0.390 e. The Morgan fingerprint density at radius 1 is 1.15 bits per heavy atom. The summed E-state index contributed by atoms with van der Waals surface area (Å²) < 4.78 is 0. The van der Waals surface area contributed by atoms with Crippen molar-refractivity contribution < 1.29 is 9.90 Å². The number of rotatable bonds is 3. The largest absolute Gasteiger partial charge is 0.390 e. The van der Waals surface area contributed by atoms with Crippen molar-refractivity contribution >= 4 is 23.3 Å². The van der Waals surface area contributed by atoms with Gasteiger partial charge < -0.3 is 20.6 Å². The van der Waals surface area contributed by atoms with Gasteiger partial charge in [-0.25, -0.2) is 4.79 Å². The predicted molar refractivity (Wildman–Crippen MR) is 103 cm³/mol. The number of anilines is 1. The Morgan fingerprint density at radius 2 is 2.00 bits per heavy atom. The fourth-order valence-electron chi connectivity index (χ4n) is 3.90. The second-order valence-electron chi connectivity index (χ2n) is 6.98. The summed E-state index contributed by atoms with van der Waals surface area (Å²) in [6.45, 7) is 1.62. The van der Waals surface area contributed by atoms with E-state index in [1.165, 1.54) is 0 Å². The molecule has 2 aliphatic rings.